The van der Waals surface area contributed by atoms with E-state index >= 15 is 8.63 Å². The Labute approximate surface area is 448 Å². The van der Waals surface area contributed by atoms with Crippen LogP contribution in [0.5, 0.6) is 5.75 Å². The lowest BCUT2D eigenvalue weighted by Gasteiger charge is -2.44. The van der Waals surface area contributed by atoms with Gasteiger partial charge in [-0.05, 0) is 102 Å². The van der Waals surface area contributed by atoms with E-state index < -0.39 is 68.5 Å². The van der Waals surface area contributed by atoms with Crippen molar-refractivity contribution in [1.29, 1.82) is 0 Å². The van der Waals surface area contributed by atoms with E-state index in [2.05, 4.69) is 27.2 Å². The molecule has 78 heavy (non-hydrogen) atoms. The van der Waals surface area contributed by atoms with Crippen LogP contribution in [0.25, 0.3) is 45.6 Å². The fourth-order valence-electron chi connectivity index (χ4n) is 10.3. The highest BCUT2D eigenvalue weighted by Gasteiger charge is 2.53. The van der Waals surface area contributed by atoms with Crippen molar-refractivity contribution >= 4 is 82.6 Å². The van der Waals surface area contributed by atoms with Crippen molar-refractivity contribution in [2.24, 2.45) is 4.99 Å². The van der Waals surface area contributed by atoms with E-state index in [0.29, 0.717) is 58.1 Å². The average molecular weight is 1060 g/mol. The molecule has 6 heterocycles. The maximum atomic E-state index is 16.1. The van der Waals surface area contributed by atoms with Crippen molar-refractivity contribution in [3.63, 3.8) is 0 Å². The summed E-state index contributed by atoms with van der Waals surface area (Å²) in [7, 11) is -2.93. The fraction of sp³-hybridized carbons (Fsp3) is 0.293. The summed E-state index contributed by atoms with van der Waals surface area (Å²) in [6.07, 6.45) is 7.36. The number of rotatable bonds is 18. The Morgan fingerprint density at radius 1 is 0.744 bits per heavy atom. The third kappa shape index (κ3) is 11.3. The quantitative estimate of drug-likeness (QED) is 0.0468. The van der Waals surface area contributed by atoms with E-state index in [9.17, 15) is 19.2 Å². The molecule has 2 aliphatic rings. The third-order valence-electron chi connectivity index (χ3n) is 13.7. The van der Waals surface area contributed by atoms with E-state index in [1.807, 2.05) is 112 Å². The van der Waals surface area contributed by atoms with E-state index in [1.54, 1.807) is 18.2 Å². The lowest BCUT2D eigenvalue weighted by Crippen LogP contribution is -2.60. The number of nitrogens with one attached hydrogen (secondary N) is 2. The highest BCUT2D eigenvalue weighted by molar-refractivity contribution is 6.42. The van der Waals surface area contributed by atoms with Gasteiger partial charge in [0.05, 0.1) is 17.6 Å². The maximum absolute atomic E-state index is 16.1. The minimum Gasteiger partial charge on any atom is -0.487 e. The van der Waals surface area contributed by atoms with Crippen LogP contribution >= 0.6 is 0 Å². The van der Waals surface area contributed by atoms with Gasteiger partial charge >= 0.3 is 31.3 Å². The Hall–Kier alpha value is -8.65. The molecule has 1 fully saturated rings. The van der Waals surface area contributed by atoms with Crippen LogP contribution in [0, 0.1) is 6.92 Å². The van der Waals surface area contributed by atoms with Crippen LogP contribution in [0.1, 0.15) is 106 Å². The van der Waals surface area contributed by atoms with E-state index in [1.165, 1.54) is 17.8 Å². The van der Waals surface area contributed by atoms with Crippen molar-refractivity contribution in [3.05, 3.63) is 159 Å². The third-order valence-corrected chi connectivity index (χ3v) is 13.7. The van der Waals surface area contributed by atoms with Gasteiger partial charge in [0.15, 0.2) is 24.5 Å². The number of para-hydroxylation sites is 2. The number of nitrogens with zero attached hydrogens (tertiary/aromatic N) is 5. The first-order valence-corrected chi connectivity index (χ1v) is 25.5. The van der Waals surface area contributed by atoms with Crippen LogP contribution in [-0.4, -0.2) is 97.5 Å². The van der Waals surface area contributed by atoms with Crippen LogP contribution < -0.4 is 4.74 Å². The Balaban J connectivity index is 1.08. The van der Waals surface area contributed by atoms with Gasteiger partial charge in [-0.3, -0.25) is 27.8 Å². The van der Waals surface area contributed by atoms with Gasteiger partial charge in [0.1, 0.15) is 30.8 Å². The molecular weight excluding hydrogens is 1000 g/mol. The summed E-state index contributed by atoms with van der Waals surface area (Å²) in [6, 6.07) is 23.0. The van der Waals surface area contributed by atoms with Gasteiger partial charge in [0.2, 0.25) is 0 Å². The lowest BCUT2D eigenvalue weighted by atomic mass is 9.92. The van der Waals surface area contributed by atoms with Gasteiger partial charge in [-0.25, -0.2) is 9.67 Å². The number of carbonyl (C=O) groups is 4. The van der Waals surface area contributed by atoms with Crippen LogP contribution in [0.4, 0.5) is 8.63 Å². The number of fused-ring (bicyclic) bond motifs is 2. The van der Waals surface area contributed by atoms with Gasteiger partial charge in [-0.1, -0.05) is 79.7 Å². The van der Waals surface area contributed by atoms with Gasteiger partial charge < -0.3 is 42.9 Å². The number of hydrogen-bond donors (Lipinski definition) is 2. The number of ether oxygens (including phenoxy) is 6. The smallest absolute Gasteiger partial charge is 0.487 e. The number of allylic oxidation sites excluding steroid dienone is 3. The predicted molar refractivity (Wildman–Crippen MR) is 291 cm³/mol. The van der Waals surface area contributed by atoms with Crippen molar-refractivity contribution in [3.8, 4) is 5.75 Å². The monoisotopic (exact) mass is 1060 g/mol. The number of halogens is 2. The molecule has 17 nitrogen and oxygen atoms in total. The highest BCUT2D eigenvalue weighted by Crippen LogP contribution is 2.42. The Morgan fingerprint density at radius 3 is 1.94 bits per heavy atom. The van der Waals surface area contributed by atoms with Crippen molar-refractivity contribution in [2.75, 3.05) is 6.61 Å². The molecule has 20 heteroatoms. The van der Waals surface area contributed by atoms with Crippen LogP contribution in [0.2, 0.25) is 0 Å². The van der Waals surface area contributed by atoms with Crippen LogP contribution in [0.15, 0.2) is 119 Å². The number of hydrogen-bond acceptors (Lipinski definition) is 13. The molecule has 4 aromatic heterocycles. The maximum Gasteiger partial charge on any atom is 0.678 e. The lowest BCUT2D eigenvalue weighted by molar-refractivity contribution is -0.270. The largest absolute Gasteiger partial charge is 0.678 e. The summed E-state index contributed by atoms with van der Waals surface area (Å²) in [4.78, 5) is 60.9. The molecular formula is C58H58BF2N7O10. The number of aliphatic imine (C=N–C) groups is 1. The van der Waals surface area contributed by atoms with Crippen LogP contribution in [-0.2, 0) is 55.9 Å². The van der Waals surface area contributed by atoms with Crippen molar-refractivity contribution in [2.45, 2.75) is 105 Å². The van der Waals surface area contributed by atoms with Gasteiger partial charge in [-0.2, -0.15) is 0 Å². The number of aromatic nitrogens is 6. The fourth-order valence-corrected chi connectivity index (χ4v) is 10.3. The molecule has 0 radical (unpaired) electrons. The number of carbonyl (C=O) groups excluding carboxylic acids is 4. The van der Waals surface area contributed by atoms with Gasteiger partial charge in [0, 0.05) is 78.9 Å². The molecule has 2 aliphatic heterocycles. The van der Waals surface area contributed by atoms with Gasteiger partial charge in [-0.15, -0.1) is 5.10 Å². The van der Waals surface area contributed by atoms with E-state index in [0.717, 1.165) is 80.6 Å². The Kier molecular flexibility index (Phi) is 16.2. The summed E-state index contributed by atoms with van der Waals surface area (Å²) in [5.41, 5.74) is 10.6. The zero-order valence-corrected chi connectivity index (χ0v) is 44.3. The Morgan fingerprint density at radius 2 is 1.35 bits per heavy atom. The topological polar surface area (TPSA) is 203 Å². The molecule has 5 atom stereocenters. The molecule has 0 aliphatic carbocycles. The summed E-state index contributed by atoms with van der Waals surface area (Å²) in [6.45, 7) is 11.9. The Bertz CT molecular complexity index is 3580. The molecule has 0 bridgehead atoms. The number of esters is 4. The van der Waals surface area contributed by atoms with E-state index in [-0.39, 0.29) is 6.61 Å². The zero-order chi connectivity index (χ0) is 55.4. The molecule has 0 spiro atoms. The molecule has 2 N–H and O–H groups in total. The minimum atomic E-state index is -2.93. The zero-order valence-electron chi connectivity index (χ0n) is 44.3. The first kappa shape index (κ1) is 54.2. The second-order valence-corrected chi connectivity index (χ2v) is 18.9. The first-order valence-electron chi connectivity index (χ1n) is 25.5. The van der Waals surface area contributed by atoms with Crippen LogP contribution in [0.3, 0.4) is 0 Å². The molecule has 0 unspecified atom stereocenters. The molecule has 9 rings (SSSR count). The SMILES string of the molecule is CCC1=C(C)/C(=C(\c2ccc(OCc3cn([C@@H]4O[C@H](COC(C)=O)[C@@H](OC(C)=O)[C@H](OC(C)=O)[C@H]4OC(C)=O)nn3)cc2)c2c(C)c(CC)c(/C=C/c3c[nH]c4ccccc34)n2B(F)F)N=C1/C=C/c1c[nH]c2ccccc12. The molecule has 402 valence electrons. The van der Waals surface area contributed by atoms with Crippen molar-refractivity contribution in [1.82, 2.24) is 29.4 Å². The highest BCUT2D eigenvalue weighted by atomic mass is 19.2. The predicted octanol–water partition coefficient (Wildman–Crippen LogP) is 10.3. The standard InChI is InChI=1S/C58H58BF2N7O10/c1-9-43-32(3)53(64-49(43)25-21-39-27-62-47-17-13-11-15-45(39)47)52(54-33(4)44(10-2)50(68(54)59(60)61)26-22-40-28-63-48-18-14-12-16-46(40)48)38-19-23-42(24-20-38)74-30-41-29-67(66-65-41)58-57(77-37(8)72)56(76-36(7)71)55(75-35(6)70)51(78-58)31-73-34(5)69/h11-29,51,55-58,62-63H,9-10,30-31H2,1-8H3/b25-21+,26-22+,53-52-/t51-,55-,56+,57-,58-/m1/s1. The summed E-state index contributed by atoms with van der Waals surface area (Å²) < 4.78 is 68.9. The molecule has 0 amide bonds. The second kappa shape index (κ2) is 23.3. The normalized spacial score (nSPS) is 19.2. The summed E-state index contributed by atoms with van der Waals surface area (Å²) in [5.74, 6) is -2.56. The number of H-pyrrole nitrogens is 2. The van der Waals surface area contributed by atoms with Gasteiger partial charge in [0.25, 0.3) is 0 Å². The number of benzene rings is 3. The molecule has 7 aromatic rings. The molecule has 3 aromatic carbocycles. The summed E-state index contributed by atoms with van der Waals surface area (Å²) >= 11 is 0. The number of aromatic amines is 2. The average Bonchev–Trinajstić information content (AvgIpc) is 4.42. The molecule has 0 saturated carbocycles. The second-order valence-electron chi connectivity index (χ2n) is 18.9. The first-order chi connectivity index (χ1) is 37.5. The van der Waals surface area contributed by atoms with E-state index in [4.69, 9.17) is 33.4 Å². The minimum absolute atomic E-state index is 0.129. The van der Waals surface area contributed by atoms with Crippen molar-refractivity contribution < 1.29 is 56.2 Å². The molecule has 1 saturated heterocycles. The summed E-state index contributed by atoms with van der Waals surface area (Å²) in [5, 5.41) is 10.5.